The van der Waals surface area contributed by atoms with Crippen LogP contribution in [0.5, 0.6) is 0 Å². The lowest BCUT2D eigenvalue weighted by Crippen LogP contribution is -1.72. The largest absolute Gasteiger partial charge is 0.0958 e. The summed E-state index contributed by atoms with van der Waals surface area (Å²) >= 11 is 0. The van der Waals surface area contributed by atoms with Crippen LogP contribution in [0.2, 0.25) is 0 Å². The van der Waals surface area contributed by atoms with Crippen molar-refractivity contribution in [3.05, 3.63) is 36.0 Å². The standard InChI is InChI=1S/C9H16.C5H10.C3H8/c1-4-6-8-9(3)7-5-2;1-4-5(2)3;1-3-2/h6,8H,3-5,7H2,1-2H3;4H,1-3H3;3H2,1-2H3/b8-6-;;. The molecule has 0 fully saturated rings. The van der Waals surface area contributed by atoms with Crippen molar-refractivity contribution in [3.8, 4) is 0 Å². The van der Waals surface area contributed by atoms with Crippen LogP contribution in [0, 0.1) is 0 Å². The minimum absolute atomic E-state index is 1.11. The smallest absolute Gasteiger partial charge is 0.0287 e. The fourth-order valence-electron chi connectivity index (χ4n) is 0.689. The highest BCUT2D eigenvalue weighted by Crippen LogP contribution is 2.02. The van der Waals surface area contributed by atoms with Crippen molar-refractivity contribution in [3.63, 3.8) is 0 Å². The Balaban J connectivity index is -0.000000207. The maximum absolute atomic E-state index is 3.90. The summed E-state index contributed by atoms with van der Waals surface area (Å²) in [6.07, 6.45) is 11.0. The van der Waals surface area contributed by atoms with Crippen molar-refractivity contribution in [1.82, 2.24) is 0 Å². The van der Waals surface area contributed by atoms with Gasteiger partial charge in [0.1, 0.15) is 0 Å². The monoisotopic (exact) mass is 238 g/mol. The van der Waals surface area contributed by atoms with E-state index >= 15 is 0 Å². The van der Waals surface area contributed by atoms with Gasteiger partial charge < -0.3 is 0 Å². The van der Waals surface area contributed by atoms with Crippen molar-refractivity contribution >= 4 is 0 Å². The molecule has 0 aromatic heterocycles. The SMILES string of the molecule is C=C(/C=C\CC)CCC.CC=C(C)C.CCC. The molecule has 0 saturated heterocycles. The first kappa shape index (κ1) is 21.5. The predicted molar refractivity (Wildman–Crippen MR) is 84.5 cm³/mol. The number of hydrogen-bond donors (Lipinski definition) is 0. The molecule has 0 spiro atoms. The summed E-state index contributed by atoms with van der Waals surface area (Å²) in [5, 5.41) is 0. The lowest BCUT2D eigenvalue weighted by atomic mass is 10.1. The Morgan fingerprint density at radius 1 is 1.06 bits per heavy atom. The predicted octanol–water partition coefficient (Wildman–Crippen LogP) is 6.70. The highest BCUT2D eigenvalue weighted by Gasteiger charge is 1.82. The van der Waals surface area contributed by atoms with Gasteiger partial charge in [-0.3, -0.25) is 0 Å². The van der Waals surface area contributed by atoms with E-state index in [1.54, 1.807) is 0 Å². The van der Waals surface area contributed by atoms with Gasteiger partial charge in [-0.05, 0) is 33.6 Å². The molecule has 0 unspecified atom stereocenters. The first-order valence-electron chi connectivity index (χ1n) is 6.93. The maximum atomic E-state index is 3.90. The molecule has 0 nitrogen and oxygen atoms in total. The summed E-state index contributed by atoms with van der Waals surface area (Å²) in [5.74, 6) is 0. The molecule has 0 heteroatoms. The Labute approximate surface area is 111 Å². The van der Waals surface area contributed by atoms with Crippen LogP contribution in [0.15, 0.2) is 36.0 Å². The van der Waals surface area contributed by atoms with E-state index in [-0.39, 0.29) is 0 Å². The fourth-order valence-corrected chi connectivity index (χ4v) is 0.689. The zero-order chi connectivity index (χ0) is 14.1. The van der Waals surface area contributed by atoms with Gasteiger partial charge in [-0.15, -0.1) is 0 Å². The molecule has 0 heterocycles. The first-order valence-corrected chi connectivity index (χ1v) is 6.93. The Morgan fingerprint density at radius 2 is 1.47 bits per heavy atom. The van der Waals surface area contributed by atoms with Crippen molar-refractivity contribution < 1.29 is 0 Å². The van der Waals surface area contributed by atoms with E-state index in [1.807, 2.05) is 6.92 Å². The van der Waals surface area contributed by atoms with Gasteiger partial charge in [0.05, 0.1) is 0 Å². The van der Waals surface area contributed by atoms with Gasteiger partial charge >= 0.3 is 0 Å². The van der Waals surface area contributed by atoms with Gasteiger partial charge in [0.2, 0.25) is 0 Å². The highest BCUT2D eigenvalue weighted by molar-refractivity contribution is 5.13. The van der Waals surface area contributed by atoms with Gasteiger partial charge in [0.25, 0.3) is 0 Å². The third-order valence-corrected chi connectivity index (χ3v) is 1.74. The third-order valence-electron chi connectivity index (χ3n) is 1.74. The maximum Gasteiger partial charge on any atom is -0.0287 e. The summed E-state index contributed by atoms with van der Waals surface area (Å²) in [6.45, 7) is 18.7. The van der Waals surface area contributed by atoms with E-state index in [4.69, 9.17) is 0 Å². The van der Waals surface area contributed by atoms with E-state index in [0.717, 1.165) is 12.8 Å². The second-order valence-corrected chi connectivity index (χ2v) is 4.29. The van der Waals surface area contributed by atoms with Gasteiger partial charge in [-0.25, -0.2) is 0 Å². The van der Waals surface area contributed by atoms with Gasteiger partial charge in [0, 0.05) is 0 Å². The molecule has 0 aliphatic rings. The third kappa shape index (κ3) is 39.4. The molecule has 17 heavy (non-hydrogen) atoms. The molecule has 0 aliphatic heterocycles. The minimum Gasteiger partial charge on any atom is -0.0958 e. The van der Waals surface area contributed by atoms with Crippen LogP contribution in [-0.4, -0.2) is 0 Å². The van der Waals surface area contributed by atoms with Crippen LogP contribution < -0.4 is 0 Å². The van der Waals surface area contributed by atoms with Crippen molar-refractivity contribution in [2.24, 2.45) is 0 Å². The average molecular weight is 238 g/mol. The Morgan fingerprint density at radius 3 is 1.71 bits per heavy atom. The minimum atomic E-state index is 1.11. The van der Waals surface area contributed by atoms with Crippen molar-refractivity contribution in [2.75, 3.05) is 0 Å². The summed E-state index contributed by atoms with van der Waals surface area (Å²) < 4.78 is 0. The van der Waals surface area contributed by atoms with E-state index in [0.29, 0.717) is 0 Å². The van der Waals surface area contributed by atoms with Crippen LogP contribution in [0.3, 0.4) is 0 Å². The molecule has 0 radical (unpaired) electrons. The van der Waals surface area contributed by atoms with Crippen LogP contribution in [-0.2, 0) is 0 Å². The summed E-state index contributed by atoms with van der Waals surface area (Å²) in [6, 6.07) is 0. The second kappa shape index (κ2) is 20.6. The van der Waals surface area contributed by atoms with Crippen LogP contribution >= 0.6 is 0 Å². The molecule has 0 aromatic carbocycles. The molecule has 0 bridgehead atoms. The van der Waals surface area contributed by atoms with Crippen LogP contribution in [0.1, 0.15) is 74.1 Å². The second-order valence-electron chi connectivity index (χ2n) is 4.29. The molecule has 102 valence electrons. The summed E-state index contributed by atoms with van der Waals surface area (Å²) in [5.41, 5.74) is 2.63. The molecule has 0 rings (SSSR count). The molecule has 0 N–H and O–H groups in total. The van der Waals surface area contributed by atoms with E-state index < -0.39 is 0 Å². The topological polar surface area (TPSA) is 0 Å². The quantitative estimate of drug-likeness (QED) is 0.378. The number of rotatable bonds is 4. The van der Waals surface area contributed by atoms with Gasteiger partial charge in [-0.1, -0.05) is 76.5 Å². The summed E-state index contributed by atoms with van der Waals surface area (Å²) in [7, 11) is 0. The van der Waals surface area contributed by atoms with Gasteiger partial charge in [0.15, 0.2) is 0 Å². The van der Waals surface area contributed by atoms with Gasteiger partial charge in [-0.2, -0.15) is 0 Å². The van der Waals surface area contributed by atoms with Crippen molar-refractivity contribution in [2.45, 2.75) is 74.1 Å². The molecule has 0 saturated carbocycles. The van der Waals surface area contributed by atoms with Crippen LogP contribution in [0.4, 0.5) is 0 Å². The highest BCUT2D eigenvalue weighted by atomic mass is 13.9. The molecule has 0 amide bonds. The molecular formula is C17H34. The van der Waals surface area contributed by atoms with Crippen molar-refractivity contribution in [1.29, 1.82) is 0 Å². The molecule has 0 aliphatic carbocycles. The molecule has 0 atom stereocenters. The summed E-state index contributed by atoms with van der Waals surface area (Å²) in [4.78, 5) is 0. The zero-order valence-corrected chi connectivity index (χ0v) is 13.3. The first-order chi connectivity index (χ1) is 7.99. The number of hydrogen-bond acceptors (Lipinski definition) is 0. The average Bonchev–Trinajstić information content (AvgIpc) is 2.28. The van der Waals surface area contributed by atoms with Crippen LogP contribution in [0.25, 0.3) is 0 Å². The van der Waals surface area contributed by atoms with E-state index in [9.17, 15) is 0 Å². The normalized spacial score (nSPS) is 8.65. The zero-order valence-electron chi connectivity index (χ0n) is 13.3. The Hall–Kier alpha value is -0.780. The molecular weight excluding hydrogens is 204 g/mol. The lowest BCUT2D eigenvalue weighted by Gasteiger charge is -1.92. The number of allylic oxidation sites excluding steroid dienone is 5. The lowest BCUT2D eigenvalue weighted by molar-refractivity contribution is 0.928. The fraction of sp³-hybridized carbons (Fsp3) is 0.647. The van der Waals surface area contributed by atoms with E-state index in [1.165, 1.54) is 24.0 Å². The Bertz CT molecular complexity index is 190. The molecule has 0 aromatic rings. The Kier molecular flexibility index (Phi) is 26.1. The van der Waals surface area contributed by atoms with E-state index in [2.05, 4.69) is 66.3 Å².